The molecular weight excluding hydrogens is 340 g/mol. The van der Waals surface area contributed by atoms with E-state index in [4.69, 9.17) is 10.7 Å². The molecule has 26 heavy (non-hydrogen) atoms. The second kappa shape index (κ2) is 7.12. The number of rotatable bonds is 5. The first-order valence-corrected chi connectivity index (χ1v) is 10.4. The number of amidine groups is 1. The molecule has 2 unspecified atom stereocenters. The van der Waals surface area contributed by atoms with Gasteiger partial charge in [0.2, 0.25) is 0 Å². The maximum atomic E-state index is 6.34. The Morgan fingerprint density at radius 1 is 1.38 bits per heavy atom. The number of aromatic nitrogens is 1. The van der Waals surface area contributed by atoms with E-state index in [0.29, 0.717) is 5.84 Å². The van der Waals surface area contributed by atoms with Gasteiger partial charge >= 0.3 is 0 Å². The van der Waals surface area contributed by atoms with Crippen molar-refractivity contribution in [2.45, 2.75) is 49.9 Å². The van der Waals surface area contributed by atoms with Gasteiger partial charge in [0.15, 0.2) is 0 Å². The number of nitrogens with two attached hydrogens (primary N) is 1. The van der Waals surface area contributed by atoms with Crippen LogP contribution in [0.25, 0.3) is 10.9 Å². The van der Waals surface area contributed by atoms with Crippen molar-refractivity contribution in [2.75, 3.05) is 13.6 Å². The third-order valence-corrected chi connectivity index (χ3v) is 7.08. The summed E-state index contributed by atoms with van der Waals surface area (Å²) in [5.74, 6) is 0.706. The Balaban J connectivity index is 1.54. The van der Waals surface area contributed by atoms with Crippen molar-refractivity contribution >= 4 is 34.2 Å². The second-order valence-corrected chi connectivity index (χ2v) is 9.15. The van der Waals surface area contributed by atoms with Crippen LogP contribution in [0, 0.1) is 0 Å². The molecule has 138 valence electrons. The zero-order valence-electron chi connectivity index (χ0n) is 15.7. The molecule has 3 heterocycles. The molecule has 4 nitrogen and oxygen atoms in total. The molecule has 1 aromatic heterocycles. The lowest BCUT2D eigenvalue weighted by atomic mass is 10.1. The fraction of sp³-hybridized carbons (Fsp3) is 0.476. The van der Waals surface area contributed by atoms with Gasteiger partial charge in [0.1, 0.15) is 5.84 Å². The number of aliphatic imine (C=N–C) groups is 1. The van der Waals surface area contributed by atoms with Crippen molar-refractivity contribution in [3.63, 3.8) is 0 Å². The molecule has 0 bridgehead atoms. The Labute approximate surface area is 160 Å². The molecule has 1 aromatic carbocycles. The minimum Gasteiger partial charge on any atom is -0.386 e. The monoisotopic (exact) mass is 368 g/mol. The van der Waals surface area contributed by atoms with Crippen LogP contribution in [0.3, 0.4) is 0 Å². The SMILES string of the molecule is CN1CCCC1CCn1ccc2ccc(N=C(N)C3(C)CC=CS3)cc21. The summed E-state index contributed by atoms with van der Waals surface area (Å²) in [5, 5.41) is 3.39. The standard InChI is InChI=1S/C21H28N4S/c1-21(10-4-14-26-21)20(22)23-17-7-6-16-8-12-25(19(16)15-17)13-9-18-5-3-11-24(18)2/h4,6-8,12,14-15,18H,3,5,9-11,13H2,1-2H3,(H2,22,23). The third-order valence-electron chi connectivity index (χ3n) is 5.86. The van der Waals surface area contributed by atoms with Gasteiger partial charge in [-0.2, -0.15) is 0 Å². The molecule has 0 spiro atoms. The van der Waals surface area contributed by atoms with E-state index in [1.807, 2.05) is 0 Å². The Morgan fingerprint density at radius 3 is 3.00 bits per heavy atom. The topological polar surface area (TPSA) is 46.5 Å². The molecule has 2 aliphatic rings. The quantitative estimate of drug-likeness (QED) is 0.623. The summed E-state index contributed by atoms with van der Waals surface area (Å²) in [6, 6.07) is 9.32. The molecule has 1 fully saturated rings. The lowest BCUT2D eigenvalue weighted by Crippen LogP contribution is -2.35. The van der Waals surface area contributed by atoms with E-state index in [0.717, 1.165) is 24.7 Å². The van der Waals surface area contributed by atoms with Crippen LogP contribution in [-0.4, -0.2) is 39.7 Å². The fourth-order valence-corrected chi connectivity index (χ4v) is 4.86. The van der Waals surface area contributed by atoms with E-state index in [2.05, 4.69) is 65.4 Å². The summed E-state index contributed by atoms with van der Waals surface area (Å²) in [5.41, 5.74) is 8.53. The molecule has 2 atom stereocenters. The Bertz CT molecular complexity index is 843. The molecule has 4 rings (SSSR count). The van der Waals surface area contributed by atoms with Gasteiger partial charge in [-0.15, -0.1) is 11.8 Å². The normalized spacial score (nSPS) is 27.0. The number of hydrogen-bond acceptors (Lipinski definition) is 3. The Kier molecular flexibility index (Phi) is 4.84. The summed E-state index contributed by atoms with van der Waals surface area (Å²) in [4.78, 5) is 7.24. The lowest BCUT2D eigenvalue weighted by Gasteiger charge is -2.21. The maximum absolute atomic E-state index is 6.34. The summed E-state index contributed by atoms with van der Waals surface area (Å²) < 4.78 is 2.26. The summed E-state index contributed by atoms with van der Waals surface area (Å²) in [7, 11) is 2.25. The smallest absolute Gasteiger partial charge is 0.116 e. The van der Waals surface area contributed by atoms with Gasteiger partial charge in [-0.1, -0.05) is 12.1 Å². The van der Waals surface area contributed by atoms with Crippen molar-refractivity contribution in [2.24, 2.45) is 10.7 Å². The van der Waals surface area contributed by atoms with Crippen molar-refractivity contribution in [3.8, 4) is 0 Å². The van der Waals surface area contributed by atoms with Crippen LogP contribution < -0.4 is 5.73 Å². The molecule has 0 amide bonds. The predicted molar refractivity (Wildman–Crippen MR) is 113 cm³/mol. The van der Waals surface area contributed by atoms with Gasteiger partial charge in [-0.25, -0.2) is 4.99 Å². The molecule has 2 aliphatic heterocycles. The van der Waals surface area contributed by atoms with Crippen LogP contribution in [0.5, 0.6) is 0 Å². The van der Waals surface area contributed by atoms with Gasteiger partial charge in [0.25, 0.3) is 0 Å². The zero-order valence-corrected chi connectivity index (χ0v) is 16.5. The minimum absolute atomic E-state index is 0.107. The highest BCUT2D eigenvalue weighted by Crippen LogP contribution is 2.37. The van der Waals surface area contributed by atoms with Gasteiger partial charge in [-0.3, -0.25) is 0 Å². The largest absolute Gasteiger partial charge is 0.386 e. The summed E-state index contributed by atoms with van der Waals surface area (Å²) >= 11 is 1.76. The van der Waals surface area contributed by atoms with Gasteiger partial charge in [0.05, 0.1) is 16.0 Å². The van der Waals surface area contributed by atoms with Crippen LogP contribution in [0.15, 0.2) is 46.9 Å². The van der Waals surface area contributed by atoms with Crippen molar-refractivity contribution in [1.82, 2.24) is 9.47 Å². The van der Waals surface area contributed by atoms with Gasteiger partial charge in [0, 0.05) is 18.8 Å². The van der Waals surface area contributed by atoms with E-state index in [-0.39, 0.29) is 4.75 Å². The fourth-order valence-electron chi connectivity index (χ4n) is 4.01. The first-order chi connectivity index (χ1) is 12.5. The number of fused-ring (bicyclic) bond motifs is 1. The average molecular weight is 369 g/mol. The van der Waals surface area contributed by atoms with Gasteiger partial charge < -0.3 is 15.2 Å². The Morgan fingerprint density at radius 2 is 2.27 bits per heavy atom. The molecule has 2 aromatic rings. The van der Waals surface area contributed by atoms with E-state index in [1.54, 1.807) is 11.8 Å². The number of benzene rings is 1. The molecule has 0 radical (unpaired) electrons. The number of nitrogens with zero attached hydrogens (tertiary/aromatic N) is 3. The molecule has 2 N–H and O–H groups in total. The number of hydrogen-bond donors (Lipinski definition) is 1. The highest BCUT2D eigenvalue weighted by Gasteiger charge is 2.30. The first-order valence-electron chi connectivity index (χ1n) is 9.52. The van der Waals surface area contributed by atoms with Crippen molar-refractivity contribution in [3.05, 3.63) is 41.9 Å². The summed E-state index contributed by atoms with van der Waals surface area (Å²) in [6.07, 6.45) is 9.18. The molecule has 0 aliphatic carbocycles. The zero-order chi connectivity index (χ0) is 18.1. The van der Waals surface area contributed by atoms with Crippen LogP contribution in [0.4, 0.5) is 5.69 Å². The van der Waals surface area contributed by atoms with E-state index in [9.17, 15) is 0 Å². The van der Waals surface area contributed by atoms with Crippen molar-refractivity contribution < 1.29 is 0 Å². The molecule has 1 saturated heterocycles. The van der Waals surface area contributed by atoms with Crippen LogP contribution >= 0.6 is 11.8 Å². The van der Waals surface area contributed by atoms with Gasteiger partial charge in [-0.05, 0) is 75.2 Å². The number of likely N-dealkylation sites (tertiary alicyclic amines) is 1. The number of thioether (sulfide) groups is 1. The average Bonchev–Trinajstić information content (AvgIpc) is 3.34. The maximum Gasteiger partial charge on any atom is 0.116 e. The van der Waals surface area contributed by atoms with Crippen LogP contribution in [0.2, 0.25) is 0 Å². The van der Waals surface area contributed by atoms with E-state index in [1.165, 1.54) is 36.7 Å². The lowest BCUT2D eigenvalue weighted by molar-refractivity contribution is 0.287. The Hall–Kier alpha value is -1.72. The summed E-state index contributed by atoms with van der Waals surface area (Å²) in [6.45, 7) is 4.45. The predicted octanol–water partition coefficient (Wildman–Crippen LogP) is 4.52. The molecule has 5 heteroatoms. The minimum atomic E-state index is -0.107. The second-order valence-electron chi connectivity index (χ2n) is 7.74. The molecule has 0 saturated carbocycles. The number of allylic oxidation sites excluding steroid dienone is 1. The van der Waals surface area contributed by atoms with Crippen LogP contribution in [-0.2, 0) is 6.54 Å². The van der Waals surface area contributed by atoms with E-state index < -0.39 is 0 Å². The van der Waals surface area contributed by atoms with E-state index >= 15 is 0 Å². The van der Waals surface area contributed by atoms with Crippen molar-refractivity contribution in [1.29, 1.82) is 0 Å². The highest BCUT2D eigenvalue weighted by molar-refractivity contribution is 8.04. The number of aryl methyl sites for hydroxylation is 1. The highest BCUT2D eigenvalue weighted by atomic mass is 32.2. The molecular formula is C21H28N4S. The van der Waals surface area contributed by atoms with Crippen LogP contribution in [0.1, 0.15) is 32.6 Å². The first kappa shape index (κ1) is 17.7. The third kappa shape index (κ3) is 3.42.